The maximum absolute atomic E-state index is 11.4. The fraction of sp³-hybridized carbons (Fsp3) is 0.0833. The Morgan fingerprint density at radius 2 is 1.93 bits per heavy atom. The Morgan fingerprint density at radius 3 is 2.86 bits per heavy atom. The van der Waals surface area contributed by atoms with E-state index in [1.807, 2.05) is 30.3 Å². The highest BCUT2D eigenvalue weighted by molar-refractivity contribution is 6.14. The minimum Gasteiger partial charge on any atom is -0.376 e. The third kappa shape index (κ3) is 0.880. The van der Waals surface area contributed by atoms with Crippen LogP contribution in [0.25, 0.3) is 10.8 Å². The number of hydrogen-bond donors (Lipinski definition) is 1. The number of benzene rings is 2. The fourth-order valence-corrected chi connectivity index (χ4v) is 1.96. The van der Waals surface area contributed by atoms with E-state index in [1.54, 1.807) is 0 Å². The Kier molecular flexibility index (Phi) is 1.39. The molecule has 1 heterocycles. The van der Waals surface area contributed by atoms with Crippen LogP contribution in [0.1, 0.15) is 10.4 Å². The summed E-state index contributed by atoms with van der Waals surface area (Å²) in [6.45, 7) is 0.434. The van der Waals surface area contributed by atoms with Crippen LogP contribution in [0, 0.1) is 0 Å². The molecule has 2 nitrogen and oxygen atoms in total. The van der Waals surface area contributed by atoms with Crippen LogP contribution in [0.3, 0.4) is 0 Å². The lowest BCUT2D eigenvalue weighted by molar-refractivity contribution is 0.101. The first kappa shape index (κ1) is 7.56. The van der Waals surface area contributed by atoms with E-state index < -0.39 is 0 Å². The van der Waals surface area contributed by atoms with E-state index in [-0.39, 0.29) is 5.78 Å². The summed E-state index contributed by atoms with van der Waals surface area (Å²) in [5.41, 5.74) is 1.82. The van der Waals surface area contributed by atoms with Crippen LogP contribution in [-0.4, -0.2) is 12.3 Å². The molecule has 0 spiro atoms. The largest absolute Gasteiger partial charge is 0.376 e. The van der Waals surface area contributed by atoms with Crippen molar-refractivity contribution in [3.8, 4) is 0 Å². The van der Waals surface area contributed by atoms with Crippen molar-refractivity contribution >= 4 is 22.2 Å². The Hall–Kier alpha value is -1.83. The summed E-state index contributed by atoms with van der Waals surface area (Å²) in [6, 6.07) is 12.0. The van der Waals surface area contributed by atoms with Gasteiger partial charge in [0.1, 0.15) is 0 Å². The molecule has 0 amide bonds. The van der Waals surface area contributed by atoms with Crippen molar-refractivity contribution in [3.05, 3.63) is 42.0 Å². The monoisotopic (exact) mass is 183 g/mol. The number of anilines is 1. The van der Waals surface area contributed by atoms with Crippen LogP contribution >= 0.6 is 0 Å². The summed E-state index contributed by atoms with van der Waals surface area (Å²) in [4.78, 5) is 11.4. The molecule has 0 fully saturated rings. The van der Waals surface area contributed by atoms with Crippen LogP contribution in [-0.2, 0) is 0 Å². The minimum absolute atomic E-state index is 0.186. The molecular formula is C12H9NO. The van der Waals surface area contributed by atoms with Gasteiger partial charge in [-0.1, -0.05) is 30.3 Å². The summed E-state index contributed by atoms with van der Waals surface area (Å²) in [5.74, 6) is 0.186. The number of fused-ring (bicyclic) bond motifs is 3. The SMILES string of the molecule is O=C1CNc2c1ccc1ccccc21. The Bertz CT molecular complexity index is 531. The first-order valence-corrected chi connectivity index (χ1v) is 4.65. The number of hydrogen-bond acceptors (Lipinski definition) is 2. The van der Waals surface area contributed by atoms with E-state index in [4.69, 9.17) is 0 Å². The molecule has 2 aromatic rings. The minimum atomic E-state index is 0.186. The van der Waals surface area contributed by atoms with E-state index in [0.717, 1.165) is 16.6 Å². The average Bonchev–Trinajstić information content (AvgIpc) is 2.61. The van der Waals surface area contributed by atoms with Crippen molar-refractivity contribution in [2.75, 3.05) is 11.9 Å². The maximum Gasteiger partial charge on any atom is 0.183 e. The lowest BCUT2D eigenvalue weighted by atomic mass is 10.0. The smallest absolute Gasteiger partial charge is 0.183 e. The number of ketones is 1. The predicted molar refractivity (Wildman–Crippen MR) is 56.8 cm³/mol. The van der Waals surface area contributed by atoms with Gasteiger partial charge >= 0.3 is 0 Å². The summed E-state index contributed by atoms with van der Waals surface area (Å²) in [7, 11) is 0. The standard InChI is InChI=1S/C12H9NO/c14-11-7-13-12-9-4-2-1-3-8(9)5-6-10(11)12/h1-6,13H,7H2. The highest BCUT2D eigenvalue weighted by atomic mass is 16.1. The lowest BCUT2D eigenvalue weighted by Crippen LogP contribution is -2.00. The molecule has 3 rings (SSSR count). The Balaban J connectivity index is 2.44. The molecule has 1 N–H and O–H groups in total. The molecule has 0 saturated heterocycles. The number of Topliss-reactive ketones (excluding diaryl/α,β-unsaturated/α-hetero) is 1. The van der Waals surface area contributed by atoms with Crippen molar-refractivity contribution in [3.63, 3.8) is 0 Å². The zero-order valence-corrected chi connectivity index (χ0v) is 7.58. The van der Waals surface area contributed by atoms with Gasteiger partial charge in [-0.3, -0.25) is 4.79 Å². The van der Waals surface area contributed by atoms with Gasteiger partial charge in [0.15, 0.2) is 5.78 Å². The van der Waals surface area contributed by atoms with Gasteiger partial charge in [-0.05, 0) is 11.5 Å². The van der Waals surface area contributed by atoms with E-state index in [1.165, 1.54) is 5.39 Å². The molecule has 0 aliphatic carbocycles. The molecular weight excluding hydrogens is 174 g/mol. The summed E-state index contributed by atoms with van der Waals surface area (Å²) in [6.07, 6.45) is 0. The molecule has 68 valence electrons. The summed E-state index contributed by atoms with van der Waals surface area (Å²) >= 11 is 0. The van der Waals surface area contributed by atoms with E-state index in [2.05, 4.69) is 11.4 Å². The van der Waals surface area contributed by atoms with E-state index in [0.29, 0.717) is 6.54 Å². The second-order valence-electron chi connectivity index (χ2n) is 3.49. The van der Waals surface area contributed by atoms with Crippen molar-refractivity contribution in [2.24, 2.45) is 0 Å². The molecule has 0 aromatic heterocycles. The van der Waals surface area contributed by atoms with Crippen LogP contribution in [0.5, 0.6) is 0 Å². The first-order chi connectivity index (χ1) is 6.86. The van der Waals surface area contributed by atoms with Crippen LogP contribution in [0.2, 0.25) is 0 Å². The van der Waals surface area contributed by atoms with Crippen molar-refractivity contribution in [2.45, 2.75) is 0 Å². The third-order valence-corrected chi connectivity index (χ3v) is 2.66. The number of carbonyl (C=O) groups is 1. The van der Waals surface area contributed by atoms with Crippen molar-refractivity contribution in [1.82, 2.24) is 0 Å². The molecule has 0 bridgehead atoms. The second kappa shape index (κ2) is 2.58. The third-order valence-electron chi connectivity index (χ3n) is 2.66. The zero-order chi connectivity index (χ0) is 9.54. The highest BCUT2D eigenvalue weighted by Crippen LogP contribution is 2.30. The molecule has 0 atom stereocenters. The van der Waals surface area contributed by atoms with Crippen LogP contribution in [0.15, 0.2) is 36.4 Å². The van der Waals surface area contributed by atoms with Crippen molar-refractivity contribution < 1.29 is 4.79 Å². The van der Waals surface area contributed by atoms with Crippen LogP contribution in [0.4, 0.5) is 5.69 Å². The number of nitrogens with one attached hydrogen (secondary N) is 1. The highest BCUT2D eigenvalue weighted by Gasteiger charge is 2.20. The second-order valence-corrected chi connectivity index (χ2v) is 3.49. The van der Waals surface area contributed by atoms with Gasteiger partial charge in [-0.25, -0.2) is 0 Å². The van der Waals surface area contributed by atoms with E-state index >= 15 is 0 Å². The summed E-state index contributed by atoms with van der Waals surface area (Å²) < 4.78 is 0. The molecule has 2 aromatic carbocycles. The van der Waals surface area contributed by atoms with Gasteiger partial charge in [0.2, 0.25) is 0 Å². The molecule has 2 heteroatoms. The fourth-order valence-electron chi connectivity index (χ4n) is 1.96. The van der Waals surface area contributed by atoms with Gasteiger partial charge in [0.05, 0.1) is 12.2 Å². The molecule has 0 saturated carbocycles. The van der Waals surface area contributed by atoms with Gasteiger partial charge < -0.3 is 5.32 Å². The first-order valence-electron chi connectivity index (χ1n) is 4.65. The average molecular weight is 183 g/mol. The summed E-state index contributed by atoms with van der Waals surface area (Å²) in [5, 5.41) is 5.45. The molecule has 0 radical (unpaired) electrons. The maximum atomic E-state index is 11.4. The van der Waals surface area contributed by atoms with Gasteiger partial charge in [-0.2, -0.15) is 0 Å². The van der Waals surface area contributed by atoms with Gasteiger partial charge in [0.25, 0.3) is 0 Å². The zero-order valence-electron chi connectivity index (χ0n) is 7.58. The van der Waals surface area contributed by atoms with E-state index in [9.17, 15) is 4.79 Å². The molecule has 1 aliphatic heterocycles. The molecule has 0 unspecified atom stereocenters. The molecule has 1 aliphatic rings. The van der Waals surface area contributed by atoms with Crippen LogP contribution < -0.4 is 5.32 Å². The number of rotatable bonds is 0. The van der Waals surface area contributed by atoms with Gasteiger partial charge in [0, 0.05) is 10.9 Å². The molecule has 14 heavy (non-hydrogen) atoms. The Morgan fingerprint density at radius 1 is 1.07 bits per heavy atom. The van der Waals surface area contributed by atoms with Gasteiger partial charge in [-0.15, -0.1) is 0 Å². The normalized spacial score (nSPS) is 14.1. The van der Waals surface area contributed by atoms with Crippen molar-refractivity contribution in [1.29, 1.82) is 0 Å². The topological polar surface area (TPSA) is 29.1 Å². The predicted octanol–water partition coefficient (Wildman–Crippen LogP) is 2.45. The quantitative estimate of drug-likeness (QED) is 0.679. The Labute approximate surface area is 81.5 Å². The number of carbonyl (C=O) groups excluding carboxylic acids is 1. The lowest BCUT2D eigenvalue weighted by Gasteiger charge is -2.03.